The SMILES string of the molecule is COc1cc(C(=O)CCC(C)(O)c2cc3c(c(-c4ccc(C)cc4)n2)OCC3(C)N)cc2c1CCCC2. The number of ketones is 1. The Morgan fingerprint density at radius 1 is 1.19 bits per heavy atom. The number of rotatable bonds is 7. The van der Waals surface area contributed by atoms with Crippen LogP contribution in [0.4, 0.5) is 0 Å². The molecule has 5 rings (SSSR count). The first-order valence-electron chi connectivity index (χ1n) is 13.1. The Balaban J connectivity index is 1.44. The van der Waals surface area contributed by atoms with Gasteiger partial charge in [0.1, 0.15) is 23.7 Å². The minimum atomic E-state index is -1.33. The van der Waals surface area contributed by atoms with Crippen molar-refractivity contribution in [3.8, 4) is 22.8 Å². The van der Waals surface area contributed by atoms with Crippen LogP contribution in [0, 0.1) is 6.92 Å². The molecule has 0 amide bonds. The van der Waals surface area contributed by atoms with Crippen molar-refractivity contribution in [3.05, 3.63) is 76.0 Å². The maximum absolute atomic E-state index is 13.3. The first-order valence-corrected chi connectivity index (χ1v) is 13.1. The molecule has 1 aliphatic heterocycles. The molecule has 0 radical (unpaired) electrons. The van der Waals surface area contributed by atoms with Crippen LogP contribution in [0.5, 0.6) is 11.5 Å². The van der Waals surface area contributed by atoms with Gasteiger partial charge >= 0.3 is 0 Å². The molecule has 37 heavy (non-hydrogen) atoms. The molecule has 0 saturated heterocycles. The number of carbonyl (C=O) groups is 1. The number of fused-ring (bicyclic) bond motifs is 2. The van der Waals surface area contributed by atoms with E-state index >= 15 is 0 Å². The number of benzene rings is 2. The maximum atomic E-state index is 13.3. The number of nitrogens with two attached hydrogens (primary N) is 1. The van der Waals surface area contributed by atoms with Crippen LogP contribution in [0.15, 0.2) is 42.5 Å². The Bertz CT molecular complexity index is 1330. The van der Waals surface area contributed by atoms with Crippen molar-refractivity contribution in [3.63, 3.8) is 0 Å². The molecule has 3 aromatic rings. The first-order chi connectivity index (χ1) is 17.6. The number of Topliss-reactive ketones (excluding diaryl/α,β-unsaturated/α-hetero) is 1. The number of pyridine rings is 1. The molecule has 6 heteroatoms. The zero-order valence-corrected chi connectivity index (χ0v) is 22.2. The zero-order valence-electron chi connectivity index (χ0n) is 22.2. The number of ether oxygens (including phenoxy) is 2. The number of aromatic nitrogens is 1. The highest BCUT2D eigenvalue weighted by Gasteiger charge is 2.38. The van der Waals surface area contributed by atoms with Crippen molar-refractivity contribution in [1.82, 2.24) is 4.98 Å². The molecule has 6 nitrogen and oxygen atoms in total. The number of methoxy groups -OCH3 is 1. The Hall–Kier alpha value is -3.22. The monoisotopic (exact) mass is 500 g/mol. The van der Waals surface area contributed by atoms with Gasteiger partial charge < -0.3 is 20.3 Å². The molecule has 0 fully saturated rings. The van der Waals surface area contributed by atoms with E-state index < -0.39 is 11.1 Å². The molecule has 0 spiro atoms. The van der Waals surface area contributed by atoms with Crippen molar-refractivity contribution in [2.75, 3.05) is 13.7 Å². The highest BCUT2D eigenvalue weighted by Crippen LogP contribution is 2.44. The third-order valence-corrected chi connectivity index (χ3v) is 7.79. The van der Waals surface area contributed by atoms with Crippen LogP contribution < -0.4 is 15.2 Å². The first kappa shape index (κ1) is 25.4. The van der Waals surface area contributed by atoms with Crippen LogP contribution in [-0.2, 0) is 24.0 Å². The number of hydrogen-bond acceptors (Lipinski definition) is 6. The van der Waals surface area contributed by atoms with Crippen molar-refractivity contribution >= 4 is 5.78 Å². The van der Waals surface area contributed by atoms with E-state index in [-0.39, 0.29) is 18.6 Å². The maximum Gasteiger partial charge on any atom is 0.163 e. The Morgan fingerprint density at radius 3 is 2.65 bits per heavy atom. The van der Waals surface area contributed by atoms with Gasteiger partial charge in [0.25, 0.3) is 0 Å². The number of nitrogens with zero attached hydrogens (tertiary/aromatic N) is 1. The van der Waals surface area contributed by atoms with Gasteiger partial charge in [0.05, 0.1) is 18.3 Å². The van der Waals surface area contributed by atoms with Gasteiger partial charge in [0.15, 0.2) is 11.5 Å². The summed E-state index contributed by atoms with van der Waals surface area (Å²) in [6.45, 7) is 6.01. The minimum Gasteiger partial charge on any atom is -0.496 e. The van der Waals surface area contributed by atoms with E-state index in [2.05, 4.69) is 0 Å². The smallest absolute Gasteiger partial charge is 0.163 e. The van der Waals surface area contributed by atoms with E-state index in [1.807, 2.05) is 56.3 Å². The van der Waals surface area contributed by atoms with E-state index in [0.29, 0.717) is 29.3 Å². The van der Waals surface area contributed by atoms with Gasteiger partial charge in [-0.25, -0.2) is 4.98 Å². The molecule has 2 unspecified atom stereocenters. The standard InChI is InChI=1S/C31H36N2O4/c1-19-9-11-20(12-10-19)28-29-24(30(2,32)18-37-29)17-27(33-28)31(3,35)14-13-25(34)22-15-21-7-5-6-8-23(21)26(16-22)36-4/h9-12,15-17,35H,5-8,13-14,18,32H2,1-4H3. The second-order valence-electron chi connectivity index (χ2n) is 11.0. The summed E-state index contributed by atoms with van der Waals surface area (Å²) in [6.07, 6.45) is 4.63. The molecule has 2 atom stereocenters. The van der Waals surface area contributed by atoms with Gasteiger partial charge in [0.2, 0.25) is 0 Å². The highest BCUT2D eigenvalue weighted by molar-refractivity contribution is 5.97. The van der Waals surface area contributed by atoms with Gasteiger partial charge in [0, 0.05) is 23.1 Å². The topological polar surface area (TPSA) is 94.7 Å². The Labute approximate surface area is 218 Å². The molecule has 3 N–H and O–H groups in total. The number of aryl methyl sites for hydroxylation is 2. The summed E-state index contributed by atoms with van der Waals surface area (Å²) in [6, 6.07) is 13.7. The normalized spacial score (nSPS) is 19.9. The second-order valence-corrected chi connectivity index (χ2v) is 11.0. The predicted octanol–water partition coefficient (Wildman–Crippen LogP) is 5.38. The predicted molar refractivity (Wildman–Crippen MR) is 144 cm³/mol. The van der Waals surface area contributed by atoms with Gasteiger partial charge in [-0.2, -0.15) is 0 Å². The fourth-order valence-corrected chi connectivity index (χ4v) is 5.39. The molecule has 0 saturated carbocycles. The van der Waals surface area contributed by atoms with Crippen LogP contribution in [0.25, 0.3) is 11.3 Å². The van der Waals surface area contributed by atoms with Gasteiger partial charge in [-0.1, -0.05) is 29.8 Å². The third kappa shape index (κ3) is 4.88. The van der Waals surface area contributed by atoms with E-state index in [9.17, 15) is 9.90 Å². The summed E-state index contributed by atoms with van der Waals surface area (Å²) in [5, 5.41) is 11.6. The second kappa shape index (κ2) is 9.58. The number of carbonyl (C=O) groups excluding carboxylic acids is 1. The van der Waals surface area contributed by atoms with Crippen LogP contribution in [0.1, 0.15) is 77.8 Å². The number of aliphatic hydroxyl groups is 1. The average molecular weight is 501 g/mol. The largest absolute Gasteiger partial charge is 0.496 e. The van der Waals surface area contributed by atoms with Gasteiger partial charge in [-0.3, -0.25) is 4.79 Å². The molecule has 2 aliphatic rings. The van der Waals surface area contributed by atoms with Crippen LogP contribution in [0.3, 0.4) is 0 Å². The summed E-state index contributed by atoms with van der Waals surface area (Å²) in [5.74, 6) is 1.43. The zero-order chi connectivity index (χ0) is 26.4. The molecule has 1 aliphatic carbocycles. The van der Waals surface area contributed by atoms with Crippen molar-refractivity contribution in [2.24, 2.45) is 5.73 Å². The molecular formula is C31H36N2O4. The third-order valence-electron chi connectivity index (χ3n) is 7.79. The molecule has 0 bridgehead atoms. The molecule has 194 valence electrons. The Morgan fingerprint density at radius 2 is 1.92 bits per heavy atom. The lowest BCUT2D eigenvalue weighted by atomic mass is 9.86. The van der Waals surface area contributed by atoms with Crippen molar-refractivity contribution in [2.45, 2.75) is 70.4 Å². The van der Waals surface area contributed by atoms with Crippen LogP contribution in [-0.4, -0.2) is 29.6 Å². The summed E-state index contributed by atoms with van der Waals surface area (Å²) >= 11 is 0. The van der Waals surface area contributed by atoms with Crippen LogP contribution in [0.2, 0.25) is 0 Å². The van der Waals surface area contributed by atoms with Gasteiger partial charge in [-0.15, -0.1) is 0 Å². The van der Waals surface area contributed by atoms with Gasteiger partial charge in [-0.05, 0) is 82.2 Å². The highest BCUT2D eigenvalue weighted by atomic mass is 16.5. The lowest BCUT2D eigenvalue weighted by Gasteiger charge is -2.26. The molecule has 2 aromatic carbocycles. The fraction of sp³-hybridized carbons (Fsp3) is 0.419. The average Bonchev–Trinajstić information content (AvgIpc) is 3.21. The van der Waals surface area contributed by atoms with E-state index in [0.717, 1.165) is 48.1 Å². The molecule has 1 aromatic heterocycles. The lowest BCUT2D eigenvalue weighted by Crippen LogP contribution is -2.35. The Kier molecular flexibility index (Phi) is 6.59. The van der Waals surface area contributed by atoms with E-state index in [1.165, 1.54) is 11.1 Å². The minimum absolute atomic E-state index is 0.0149. The van der Waals surface area contributed by atoms with Crippen LogP contribution >= 0.6 is 0 Å². The quantitative estimate of drug-likeness (QED) is 0.423. The molecule has 2 heterocycles. The lowest BCUT2D eigenvalue weighted by molar-refractivity contribution is 0.0396. The van der Waals surface area contributed by atoms with E-state index in [1.54, 1.807) is 14.0 Å². The van der Waals surface area contributed by atoms with E-state index in [4.69, 9.17) is 20.2 Å². The molecular weight excluding hydrogens is 464 g/mol. The van der Waals surface area contributed by atoms with Crippen molar-refractivity contribution < 1.29 is 19.4 Å². The van der Waals surface area contributed by atoms with Crippen molar-refractivity contribution in [1.29, 1.82) is 0 Å². The summed E-state index contributed by atoms with van der Waals surface area (Å²) in [4.78, 5) is 18.1. The fourth-order valence-electron chi connectivity index (χ4n) is 5.39. The summed E-state index contributed by atoms with van der Waals surface area (Å²) < 4.78 is 11.6. The summed E-state index contributed by atoms with van der Waals surface area (Å²) in [7, 11) is 1.66. The summed E-state index contributed by atoms with van der Waals surface area (Å²) in [5.41, 5.74) is 11.6. The number of hydrogen-bond donors (Lipinski definition) is 2.